The van der Waals surface area contributed by atoms with Gasteiger partial charge in [-0.1, -0.05) is 107 Å². The normalized spacial score (nSPS) is 15.9. The first-order valence-electron chi connectivity index (χ1n) is 40.1. The van der Waals surface area contributed by atoms with E-state index in [1.165, 1.54) is 44.4 Å². The lowest BCUT2D eigenvalue weighted by Gasteiger charge is -2.32. The number of hydrazone groups is 2. The Hall–Kier alpha value is -11.1. The van der Waals surface area contributed by atoms with Crippen LogP contribution in [0.25, 0.3) is 0 Å². The predicted molar refractivity (Wildman–Crippen MR) is 450 cm³/mol. The van der Waals surface area contributed by atoms with E-state index >= 15 is 0 Å². The van der Waals surface area contributed by atoms with Gasteiger partial charge in [0.15, 0.2) is 39.0 Å². The van der Waals surface area contributed by atoms with Gasteiger partial charge in [0.25, 0.3) is 11.9 Å². The van der Waals surface area contributed by atoms with Crippen LogP contribution in [-0.4, -0.2) is 230 Å². The minimum Gasteiger partial charge on any atom is -0.508 e. The number of ketones is 6. The number of guanidine groups is 2. The van der Waals surface area contributed by atoms with Crippen LogP contribution >= 0.6 is 0 Å². The highest BCUT2D eigenvalue weighted by molar-refractivity contribution is 5.98. The molecule has 2 aromatic carbocycles. The number of aromatic hydroxyl groups is 2. The van der Waals surface area contributed by atoms with E-state index in [0.717, 1.165) is 0 Å². The summed E-state index contributed by atoms with van der Waals surface area (Å²) in [4.78, 5) is 196. The van der Waals surface area contributed by atoms with E-state index in [-0.39, 0.29) is 150 Å². The minimum atomic E-state index is -1.19. The van der Waals surface area contributed by atoms with Gasteiger partial charge >= 0.3 is 0 Å². The van der Waals surface area contributed by atoms with Gasteiger partial charge in [0.2, 0.25) is 35.4 Å². The van der Waals surface area contributed by atoms with Crippen LogP contribution < -0.4 is 54.0 Å². The fraction of sp³-hybridized carbons (Fsp3) is 0.622. The molecule has 6 amide bonds. The number of amides is 6. The van der Waals surface area contributed by atoms with Crippen LogP contribution in [0.2, 0.25) is 0 Å². The number of hydrogen-bond acceptors (Lipinski definition) is 22. The second-order valence-electron chi connectivity index (χ2n) is 31.7. The number of imidazole rings is 1. The fourth-order valence-electron chi connectivity index (χ4n) is 13.5. The molecule has 1 aromatic heterocycles. The number of aromatic amines is 1. The molecule has 1 aliphatic rings. The van der Waals surface area contributed by atoms with E-state index in [9.17, 15) is 88.0 Å². The van der Waals surface area contributed by atoms with Gasteiger partial charge in [-0.15, -0.1) is 0 Å². The largest absolute Gasteiger partial charge is 0.508 e. The highest BCUT2D eigenvalue weighted by atomic mass is 16.7. The van der Waals surface area contributed by atoms with Gasteiger partial charge in [-0.05, 0) is 159 Å². The average Bonchev–Trinajstić information content (AvgIpc) is 0.880. The average molecular weight is 1670 g/mol. The number of likely N-dealkylation sites (N-methyl/N-ethyl adjacent to an activating group) is 2. The highest BCUT2D eigenvalue weighted by Gasteiger charge is 2.41. The maximum Gasteiger partial charge on any atom is 0.266 e. The van der Waals surface area contributed by atoms with Crippen LogP contribution in [0.15, 0.2) is 83.5 Å². The molecule has 0 saturated carbocycles. The molecule has 37 nitrogen and oxygen atoms in total. The summed E-state index contributed by atoms with van der Waals surface area (Å²) in [5.74, 6) is -9.87. The number of carbonyl (C=O) groups is 12. The number of nitrogens with zero attached hydrogens (tertiary/aromatic N) is 8. The van der Waals surface area contributed by atoms with E-state index in [2.05, 4.69) is 69.3 Å². The molecule has 0 radical (unpaired) electrons. The first-order valence-corrected chi connectivity index (χ1v) is 40.1. The lowest BCUT2D eigenvalue weighted by Crippen LogP contribution is -2.54. The van der Waals surface area contributed by atoms with Crippen molar-refractivity contribution in [3.8, 4) is 11.5 Å². The molecule has 1 saturated heterocycles. The first-order chi connectivity index (χ1) is 55.4. The molecule has 1 aliphatic heterocycles. The number of aromatic nitrogens is 2. The number of H-pyrrole nitrogens is 1. The zero-order valence-electron chi connectivity index (χ0n) is 70.9. The molecule has 2 heterocycles. The number of benzene rings is 2. The van der Waals surface area contributed by atoms with Gasteiger partial charge in [-0.2, -0.15) is 0 Å². The molecular formula is C82H131N19O18. The number of hydrogen-bond donors (Lipinski definition) is 13. The maximum absolute atomic E-state index is 14.7. The van der Waals surface area contributed by atoms with Crippen LogP contribution in [0, 0.1) is 67.6 Å². The Balaban J connectivity index is 0.000000858. The summed E-state index contributed by atoms with van der Waals surface area (Å²) < 4.78 is 0. The summed E-state index contributed by atoms with van der Waals surface area (Å²) in [6.45, 7) is 24.0. The molecule has 13 atom stereocenters. The van der Waals surface area contributed by atoms with E-state index < -0.39 is 141 Å². The molecule has 662 valence electrons. The predicted octanol–water partition coefficient (Wildman–Crippen LogP) is 4.14. The SMILES string of the molecule is C.C=C(N[C@H](C)C(C)=O)C1CCCN1C(=O)[C@H](Cc1cnc[nH]1)NC(=O)[C@@H](CC(=O)[C@H](Cc1ccc(O)cc1)NC(=O)[C@@H](CC(=O)[C@H](CCCN/C(N)=N\[N+](=O)[O-])NC(=O)CN(C)C)C(C)C)C(C)CC.CCC(C)[C@H](CC(=O)[C@H](Cc1ccc(O)cc1)NC(=O)[C@@H](CC(=O)[C@H](CCCN/C(N)=N\[N+](=O)[O-])NC(=O)CN(C)C)C(C)C)C(C)=O. The van der Waals surface area contributed by atoms with Gasteiger partial charge in [0.1, 0.15) is 33.5 Å². The minimum absolute atomic E-state index is 0. The summed E-state index contributed by atoms with van der Waals surface area (Å²) in [5, 5.41) is 67.5. The molecule has 15 N–H and O–H groups in total. The maximum atomic E-state index is 14.7. The van der Waals surface area contributed by atoms with Gasteiger partial charge in [0, 0.05) is 93.0 Å². The number of phenols is 2. The zero-order chi connectivity index (χ0) is 88.8. The third-order valence-corrected chi connectivity index (χ3v) is 20.9. The number of nitro groups is 2. The summed E-state index contributed by atoms with van der Waals surface area (Å²) in [5.41, 5.74) is 13.4. The van der Waals surface area contributed by atoms with Crippen molar-refractivity contribution in [2.24, 2.45) is 69.0 Å². The van der Waals surface area contributed by atoms with Crippen molar-refractivity contribution in [2.45, 2.75) is 222 Å². The van der Waals surface area contributed by atoms with Crippen molar-refractivity contribution in [3.05, 3.63) is 110 Å². The summed E-state index contributed by atoms with van der Waals surface area (Å²) in [6.07, 6.45) is 5.55. The zero-order valence-corrected chi connectivity index (χ0v) is 70.9. The van der Waals surface area contributed by atoms with E-state index in [1.54, 1.807) is 108 Å². The Morgan fingerprint density at radius 2 is 0.958 bits per heavy atom. The first kappa shape index (κ1) is 104. The van der Waals surface area contributed by atoms with Crippen molar-refractivity contribution < 1.29 is 77.8 Å². The molecule has 119 heavy (non-hydrogen) atoms. The third-order valence-electron chi connectivity index (χ3n) is 20.9. The van der Waals surface area contributed by atoms with Gasteiger partial charge in [0.05, 0.1) is 55.7 Å². The summed E-state index contributed by atoms with van der Waals surface area (Å²) >= 11 is 0. The molecular weight excluding hydrogens is 1540 g/mol. The van der Waals surface area contributed by atoms with Crippen molar-refractivity contribution in [2.75, 3.05) is 60.9 Å². The van der Waals surface area contributed by atoms with Crippen molar-refractivity contribution in [1.82, 2.24) is 67.2 Å². The highest BCUT2D eigenvalue weighted by Crippen LogP contribution is 2.29. The Kier molecular flexibility index (Phi) is 46.0. The lowest BCUT2D eigenvalue weighted by atomic mass is 9.82. The van der Waals surface area contributed by atoms with Crippen LogP contribution in [0.4, 0.5) is 0 Å². The second kappa shape index (κ2) is 52.6. The van der Waals surface area contributed by atoms with Crippen LogP contribution in [-0.2, 0) is 76.8 Å². The molecule has 0 aliphatic carbocycles. The number of likely N-dealkylation sites (tertiary alicyclic amines) is 1. The number of Topliss-reactive ketones (excluding diaryl/α,β-unsaturated/α-hetero) is 6. The van der Waals surface area contributed by atoms with E-state index in [4.69, 9.17) is 11.5 Å². The smallest absolute Gasteiger partial charge is 0.266 e. The topological polar surface area (TPSA) is 543 Å². The van der Waals surface area contributed by atoms with E-state index in [0.29, 0.717) is 61.2 Å². The Morgan fingerprint density at radius 1 is 0.571 bits per heavy atom. The van der Waals surface area contributed by atoms with E-state index in [1.807, 2.05) is 27.7 Å². The van der Waals surface area contributed by atoms with Crippen LogP contribution in [0.3, 0.4) is 0 Å². The molecule has 0 bridgehead atoms. The fourth-order valence-corrected chi connectivity index (χ4v) is 13.5. The molecule has 37 heteroatoms. The second-order valence-corrected chi connectivity index (χ2v) is 31.7. The number of nitrogens with one attached hydrogen (secondary N) is 9. The van der Waals surface area contributed by atoms with Gasteiger partial charge in [-0.25, -0.2) is 25.2 Å². The number of carbonyl (C=O) groups excluding carboxylic acids is 12. The summed E-state index contributed by atoms with van der Waals surface area (Å²) in [7, 11) is 6.78. The standard InChI is InChI=1S/C48H74N12O10.C33H53N7O8.CH4/c1-10-29(4)37(46(67)56-40(22-34-25-50-27-52-34)47(68)59-20-12-14-41(59)31(6)53-30(5)32(7)61)24-43(64)39(21-33-15-17-35(62)18-16-33)55-45(66)36(28(2)3)23-42(63)38(54-44(65)26-58(8)9)13-11-19-51-48(49)57-60(69)70;1-8-21(4)26(22(5)41)18-30(44)28(16-23-11-13-24(42)14-12-23)37-32(46)25(20(2)3)17-29(43)27(36-31(45)19-39(6)7)10-9-15-35-33(34)38-40(47)48;/h15-18,25,27-30,36-41,53,62H,6,10-14,19-24,26H2,1-5,7-9H3,(H,50,52)(H,54,65)(H,55,66)(H,56,67)(H3,49,51,57);11-14,20-21,25-28,42H,8-10,15-19H2,1-7H3,(H,36,45)(H,37,46)(H3,34,35,38);1H4/t29?,30-,36+,37+,38+,39+,40+,41?;21?,25-,26-,27-,28-;/m10./s1. The van der Waals surface area contributed by atoms with Crippen molar-refractivity contribution in [3.63, 3.8) is 0 Å². The lowest BCUT2D eigenvalue weighted by molar-refractivity contribution is -0.485. The van der Waals surface area contributed by atoms with Crippen LogP contribution in [0.5, 0.6) is 11.5 Å². The Labute approximate surface area is 698 Å². The van der Waals surface area contributed by atoms with Gasteiger partial charge in [-0.3, -0.25) is 57.5 Å². The monoisotopic (exact) mass is 1670 g/mol. The molecule has 3 unspecified atom stereocenters. The van der Waals surface area contributed by atoms with Crippen molar-refractivity contribution >= 4 is 82.1 Å². The quantitative estimate of drug-likeness (QED) is 0.0124. The van der Waals surface area contributed by atoms with Crippen LogP contribution in [0.1, 0.15) is 177 Å². The molecule has 4 rings (SSSR count). The molecule has 1 fully saturated rings. The van der Waals surface area contributed by atoms with Crippen molar-refractivity contribution in [1.29, 1.82) is 0 Å². The Bertz CT molecular complexity index is 3910. The number of phenolic OH excluding ortho intramolecular Hbond substituents is 2. The molecule has 3 aromatic rings. The third kappa shape index (κ3) is 38.0. The number of rotatable bonds is 52. The number of nitrogens with two attached hydrogens (primary N) is 2. The summed E-state index contributed by atoms with van der Waals surface area (Å²) in [6, 6.07) is 6.19. The molecule has 0 spiro atoms. The Morgan fingerprint density at radius 3 is 1.33 bits per heavy atom. The van der Waals surface area contributed by atoms with Gasteiger partial charge < -0.3 is 83.9 Å².